The third-order valence-corrected chi connectivity index (χ3v) is 3.73. The van der Waals surface area contributed by atoms with Gasteiger partial charge in [-0.3, -0.25) is 9.88 Å². The fraction of sp³-hybridized carbons (Fsp3) is 0.375. The number of carboxylic acids is 1. The number of rotatable bonds is 5. The van der Waals surface area contributed by atoms with Crippen molar-refractivity contribution in [1.29, 1.82) is 0 Å². The molecule has 1 aliphatic rings. The summed E-state index contributed by atoms with van der Waals surface area (Å²) >= 11 is 0. The van der Waals surface area contributed by atoms with Gasteiger partial charge in [-0.25, -0.2) is 4.79 Å². The van der Waals surface area contributed by atoms with Gasteiger partial charge in [-0.05, 0) is 30.7 Å². The van der Waals surface area contributed by atoms with Crippen LogP contribution in [0.4, 0.5) is 0 Å². The second-order valence-corrected chi connectivity index (χ2v) is 5.81. The van der Waals surface area contributed by atoms with Crippen molar-refractivity contribution in [2.24, 2.45) is 0 Å². The highest BCUT2D eigenvalue weighted by molar-refractivity contribution is 5.78. The third-order valence-electron chi connectivity index (χ3n) is 3.73. The van der Waals surface area contributed by atoms with Gasteiger partial charge in [-0.2, -0.15) is 0 Å². The van der Waals surface area contributed by atoms with Crippen LogP contribution in [0.15, 0.2) is 36.5 Å². The number of hydrogen-bond acceptors (Lipinski definition) is 4. The number of likely N-dealkylation sites (tertiary alicyclic amines) is 1. The van der Waals surface area contributed by atoms with E-state index in [0.717, 1.165) is 30.5 Å². The molecule has 110 valence electrons. The van der Waals surface area contributed by atoms with E-state index >= 15 is 0 Å². The number of benzene rings is 1. The highest BCUT2D eigenvalue weighted by Gasteiger charge is 2.39. The summed E-state index contributed by atoms with van der Waals surface area (Å²) in [7, 11) is 0. The molecule has 5 nitrogen and oxygen atoms in total. The van der Waals surface area contributed by atoms with Crippen LogP contribution in [0.3, 0.4) is 0 Å². The Balaban J connectivity index is 1.59. The molecule has 0 amide bonds. The summed E-state index contributed by atoms with van der Waals surface area (Å²) in [6.07, 6.45) is 1.79. The Hall–Kier alpha value is -1.98. The fourth-order valence-electron chi connectivity index (χ4n) is 2.82. The molecule has 2 heterocycles. The summed E-state index contributed by atoms with van der Waals surface area (Å²) in [5.74, 6) is -0.920. The normalized spacial score (nSPS) is 17.6. The number of aliphatic carboxylic acids is 1. The minimum Gasteiger partial charge on any atom is -0.480 e. The van der Waals surface area contributed by atoms with Crippen molar-refractivity contribution in [3.8, 4) is 0 Å². The van der Waals surface area contributed by atoms with Crippen LogP contribution in [0.5, 0.6) is 0 Å². The minimum atomic E-state index is -0.920. The number of nitrogens with zero attached hydrogens (tertiary/aromatic N) is 2. The van der Waals surface area contributed by atoms with E-state index in [4.69, 9.17) is 9.84 Å². The first kappa shape index (κ1) is 14.0. The fourth-order valence-corrected chi connectivity index (χ4v) is 2.82. The Morgan fingerprint density at radius 1 is 1.43 bits per heavy atom. The van der Waals surface area contributed by atoms with E-state index in [9.17, 15) is 4.79 Å². The van der Waals surface area contributed by atoms with Crippen LogP contribution in [0.2, 0.25) is 0 Å². The van der Waals surface area contributed by atoms with E-state index in [0.29, 0.717) is 0 Å². The van der Waals surface area contributed by atoms with Crippen molar-refractivity contribution in [3.63, 3.8) is 0 Å². The molecule has 5 heteroatoms. The maximum absolute atomic E-state index is 10.5. The molecule has 0 radical (unpaired) electrons. The Morgan fingerprint density at radius 3 is 3.00 bits per heavy atom. The molecule has 1 saturated heterocycles. The summed E-state index contributed by atoms with van der Waals surface area (Å²) in [4.78, 5) is 17.1. The van der Waals surface area contributed by atoms with Crippen molar-refractivity contribution in [2.75, 3.05) is 19.7 Å². The first-order chi connectivity index (χ1) is 10.0. The molecule has 3 rings (SSSR count). The summed E-state index contributed by atoms with van der Waals surface area (Å²) in [5, 5.41) is 9.79. The number of hydrogen-bond donors (Lipinski definition) is 1. The predicted octanol–water partition coefficient (Wildman–Crippen LogP) is 1.91. The first-order valence-corrected chi connectivity index (χ1v) is 6.96. The number of pyridine rings is 1. The Morgan fingerprint density at radius 2 is 2.24 bits per heavy atom. The van der Waals surface area contributed by atoms with E-state index in [2.05, 4.69) is 28.1 Å². The van der Waals surface area contributed by atoms with Crippen molar-refractivity contribution >= 4 is 16.9 Å². The minimum absolute atomic E-state index is 0.230. The Kier molecular flexibility index (Phi) is 3.61. The van der Waals surface area contributed by atoms with Gasteiger partial charge in [0.05, 0.1) is 11.1 Å². The second-order valence-electron chi connectivity index (χ2n) is 5.81. The van der Waals surface area contributed by atoms with Gasteiger partial charge >= 0.3 is 5.97 Å². The molecule has 0 unspecified atom stereocenters. The SMILES string of the molecule is CC1(OCC(=O)O)CN(Cc2ccc3ncccc3c2)C1. The molecule has 1 N–H and O–H groups in total. The molecule has 21 heavy (non-hydrogen) atoms. The van der Waals surface area contributed by atoms with Crippen LogP contribution in [0.1, 0.15) is 12.5 Å². The lowest BCUT2D eigenvalue weighted by molar-refractivity contribution is -0.165. The lowest BCUT2D eigenvalue weighted by atomic mass is 9.95. The van der Waals surface area contributed by atoms with Gasteiger partial charge in [-0.15, -0.1) is 0 Å². The molecule has 1 aromatic heterocycles. The summed E-state index contributed by atoms with van der Waals surface area (Å²) in [6.45, 7) is 4.08. The number of aromatic nitrogens is 1. The lowest BCUT2D eigenvalue weighted by Crippen LogP contribution is -2.61. The van der Waals surface area contributed by atoms with E-state index in [1.807, 2.05) is 19.1 Å². The molecule has 0 aliphatic carbocycles. The van der Waals surface area contributed by atoms with Crippen molar-refractivity contribution in [1.82, 2.24) is 9.88 Å². The topological polar surface area (TPSA) is 62.7 Å². The highest BCUT2D eigenvalue weighted by atomic mass is 16.5. The molecule has 1 fully saturated rings. The standard InChI is InChI=1S/C16H18N2O3/c1-16(21-9-15(19)20)10-18(11-16)8-12-4-5-14-13(7-12)3-2-6-17-14/h2-7H,8-11H2,1H3,(H,19,20). The van der Waals surface area contributed by atoms with Crippen LogP contribution in [0.25, 0.3) is 10.9 Å². The molecule has 0 atom stereocenters. The van der Waals surface area contributed by atoms with E-state index < -0.39 is 5.97 Å². The van der Waals surface area contributed by atoms with Crippen molar-refractivity contribution in [2.45, 2.75) is 19.1 Å². The zero-order chi connectivity index (χ0) is 14.9. The van der Waals surface area contributed by atoms with Gasteiger partial charge < -0.3 is 9.84 Å². The molecule has 2 aromatic rings. The van der Waals surface area contributed by atoms with Gasteiger partial charge in [-0.1, -0.05) is 12.1 Å². The predicted molar refractivity (Wildman–Crippen MR) is 79.0 cm³/mol. The molecule has 1 aromatic carbocycles. The highest BCUT2D eigenvalue weighted by Crippen LogP contribution is 2.26. The smallest absolute Gasteiger partial charge is 0.329 e. The largest absolute Gasteiger partial charge is 0.480 e. The van der Waals surface area contributed by atoms with E-state index in [1.165, 1.54) is 5.56 Å². The van der Waals surface area contributed by atoms with Gasteiger partial charge in [0.15, 0.2) is 0 Å². The van der Waals surface area contributed by atoms with Crippen LogP contribution < -0.4 is 0 Å². The molecular formula is C16H18N2O3. The summed E-state index contributed by atoms with van der Waals surface area (Å²) < 4.78 is 5.41. The quantitative estimate of drug-likeness (QED) is 0.909. The molecule has 0 saturated carbocycles. The Labute approximate surface area is 123 Å². The van der Waals surface area contributed by atoms with Gasteiger partial charge in [0, 0.05) is 31.2 Å². The van der Waals surface area contributed by atoms with Crippen LogP contribution in [0, 0.1) is 0 Å². The second kappa shape index (κ2) is 5.42. The zero-order valence-electron chi connectivity index (χ0n) is 12.0. The van der Waals surface area contributed by atoms with Crippen molar-refractivity contribution < 1.29 is 14.6 Å². The maximum Gasteiger partial charge on any atom is 0.329 e. The molecule has 1 aliphatic heterocycles. The average Bonchev–Trinajstić information content (AvgIpc) is 2.43. The van der Waals surface area contributed by atoms with Gasteiger partial charge in [0.25, 0.3) is 0 Å². The number of carbonyl (C=O) groups is 1. The van der Waals surface area contributed by atoms with Crippen LogP contribution in [-0.2, 0) is 16.1 Å². The van der Waals surface area contributed by atoms with Gasteiger partial charge in [0.1, 0.15) is 6.61 Å². The van der Waals surface area contributed by atoms with Crippen molar-refractivity contribution in [3.05, 3.63) is 42.1 Å². The van der Waals surface area contributed by atoms with E-state index in [-0.39, 0.29) is 12.2 Å². The summed E-state index contributed by atoms with van der Waals surface area (Å²) in [6, 6.07) is 10.3. The third kappa shape index (κ3) is 3.20. The molecule has 0 spiro atoms. The maximum atomic E-state index is 10.5. The monoisotopic (exact) mass is 286 g/mol. The molecular weight excluding hydrogens is 268 g/mol. The van der Waals surface area contributed by atoms with E-state index in [1.54, 1.807) is 6.20 Å². The first-order valence-electron chi connectivity index (χ1n) is 6.96. The lowest BCUT2D eigenvalue weighted by Gasteiger charge is -2.47. The summed E-state index contributed by atoms with van der Waals surface area (Å²) in [5.41, 5.74) is 1.90. The Bertz CT molecular complexity index is 665. The van der Waals surface area contributed by atoms with Crippen LogP contribution >= 0.6 is 0 Å². The average molecular weight is 286 g/mol. The number of ether oxygens (including phenoxy) is 1. The van der Waals surface area contributed by atoms with Gasteiger partial charge in [0.2, 0.25) is 0 Å². The number of fused-ring (bicyclic) bond motifs is 1. The number of carboxylic acid groups (broad SMARTS) is 1. The molecule has 0 bridgehead atoms. The zero-order valence-corrected chi connectivity index (χ0v) is 12.0. The van der Waals surface area contributed by atoms with Crippen LogP contribution in [-0.4, -0.2) is 46.3 Å².